The number of amides is 8. The maximum atomic E-state index is 14.0. The topological polar surface area (TPSA) is 494 Å². The van der Waals surface area contributed by atoms with Crippen LogP contribution in [-0.2, 0) is 38.4 Å². The van der Waals surface area contributed by atoms with Crippen LogP contribution < -0.4 is 87.2 Å². The summed E-state index contributed by atoms with van der Waals surface area (Å²) in [6.45, 7) is 4.43. The van der Waals surface area contributed by atoms with E-state index in [0.717, 1.165) is 0 Å². The third-order valence-electron chi connectivity index (χ3n) is 8.88. The van der Waals surface area contributed by atoms with Crippen molar-refractivity contribution in [2.45, 2.75) is 114 Å². The number of nitrogens with two attached hydrogens (primary N) is 5. The highest BCUT2D eigenvalue weighted by atomic mass is 32.1. The molecule has 0 aliphatic rings. The van der Waals surface area contributed by atoms with Gasteiger partial charge in [-0.2, -0.15) is 12.6 Å². The molecule has 0 aromatic rings. The number of primary amides is 1. The number of hydrogen-bond acceptors (Lipinski definition) is 13. The molecular formula is C35H68N20O8S. The first-order valence-electron chi connectivity index (χ1n) is 20.3. The van der Waals surface area contributed by atoms with Gasteiger partial charge in [0.1, 0.15) is 42.3 Å². The second-order valence-corrected chi connectivity index (χ2v) is 14.8. The second kappa shape index (κ2) is 31.1. The van der Waals surface area contributed by atoms with E-state index in [1.165, 1.54) is 20.8 Å². The number of guanidine groups is 4. The van der Waals surface area contributed by atoms with Crippen LogP contribution in [0.4, 0.5) is 0 Å². The molecule has 8 amide bonds. The number of carbonyl (C=O) groups excluding carboxylic acids is 8. The van der Waals surface area contributed by atoms with Crippen molar-refractivity contribution in [2.24, 2.45) is 28.7 Å². The van der Waals surface area contributed by atoms with E-state index in [-0.39, 0.29) is 101 Å². The third-order valence-corrected chi connectivity index (χ3v) is 9.24. The first kappa shape index (κ1) is 57.2. The summed E-state index contributed by atoms with van der Waals surface area (Å²) in [5, 5.41) is 57.4. The Balaban J connectivity index is 6.42. The Kier molecular flexibility index (Phi) is 27.8. The van der Waals surface area contributed by atoms with Gasteiger partial charge < -0.3 is 87.2 Å². The maximum absolute atomic E-state index is 14.0. The van der Waals surface area contributed by atoms with Gasteiger partial charge in [0.25, 0.3) is 0 Å². The Bertz CT molecular complexity index is 1650. The maximum Gasteiger partial charge on any atom is 0.244 e. The minimum Gasteiger partial charge on any atom is -0.370 e. The number of carbonyl (C=O) groups is 8. The van der Waals surface area contributed by atoms with Crippen molar-refractivity contribution in [3.8, 4) is 0 Å². The summed E-state index contributed by atoms with van der Waals surface area (Å²) < 4.78 is 0. The first-order chi connectivity index (χ1) is 30.0. The number of rotatable bonds is 31. The minimum absolute atomic E-state index is 0.0516. The fraction of sp³-hybridized carbons (Fsp3) is 0.657. The smallest absolute Gasteiger partial charge is 0.244 e. The summed E-state index contributed by atoms with van der Waals surface area (Å²) >= 11 is 4.06. The van der Waals surface area contributed by atoms with Gasteiger partial charge in [0.05, 0.1) is 0 Å². The van der Waals surface area contributed by atoms with Gasteiger partial charge in [-0.1, -0.05) is 0 Å². The molecule has 0 spiro atoms. The Hall–Kier alpha value is -6.81. The zero-order valence-electron chi connectivity index (χ0n) is 36.3. The zero-order valence-corrected chi connectivity index (χ0v) is 37.2. The van der Waals surface area contributed by atoms with Gasteiger partial charge in [0, 0.05) is 38.9 Å². The molecule has 362 valence electrons. The van der Waals surface area contributed by atoms with E-state index in [2.05, 4.69) is 71.1 Å². The van der Waals surface area contributed by atoms with E-state index >= 15 is 0 Å². The lowest BCUT2D eigenvalue weighted by Crippen LogP contribution is -2.59. The lowest BCUT2D eigenvalue weighted by Gasteiger charge is -2.27. The summed E-state index contributed by atoms with van der Waals surface area (Å²) in [4.78, 5) is 104. The minimum atomic E-state index is -1.37. The number of hydrogen-bond donors (Lipinski definition) is 21. The molecule has 0 bridgehead atoms. The second-order valence-electron chi connectivity index (χ2n) is 14.5. The van der Waals surface area contributed by atoms with Crippen molar-refractivity contribution in [2.75, 3.05) is 31.9 Å². The quantitative estimate of drug-likeness (QED) is 0.0133. The molecule has 29 heteroatoms. The molecule has 7 atom stereocenters. The first-order valence-corrected chi connectivity index (χ1v) is 20.9. The molecule has 0 radical (unpaired) electrons. The normalized spacial score (nSPS) is 13.8. The van der Waals surface area contributed by atoms with Crippen LogP contribution in [0.15, 0.2) is 0 Å². The molecule has 0 aliphatic heterocycles. The van der Waals surface area contributed by atoms with Crippen LogP contribution in [0.5, 0.6) is 0 Å². The lowest BCUT2D eigenvalue weighted by atomic mass is 10.0. The molecule has 0 aromatic heterocycles. The Morgan fingerprint density at radius 1 is 0.422 bits per heavy atom. The van der Waals surface area contributed by atoms with Gasteiger partial charge in [-0.15, -0.1) is 0 Å². The fourth-order valence-electron chi connectivity index (χ4n) is 5.55. The Morgan fingerprint density at radius 3 is 0.969 bits per heavy atom. The molecule has 0 fully saturated rings. The van der Waals surface area contributed by atoms with E-state index in [4.69, 9.17) is 50.3 Å². The van der Waals surface area contributed by atoms with Gasteiger partial charge in [0.2, 0.25) is 47.3 Å². The van der Waals surface area contributed by atoms with Crippen molar-refractivity contribution in [3.63, 3.8) is 0 Å². The molecule has 0 heterocycles. The molecule has 0 saturated heterocycles. The average molecular weight is 929 g/mol. The highest BCUT2D eigenvalue weighted by Gasteiger charge is 2.32. The predicted molar refractivity (Wildman–Crippen MR) is 240 cm³/mol. The Labute approximate surface area is 376 Å². The van der Waals surface area contributed by atoms with Gasteiger partial charge in [-0.05, 0) is 65.2 Å². The van der Waals surface area contributed by atoms with Gasteiger partial charge >= 0.3 is 0 Å². The van der Waals surface area contributed by atoms with Crippen LogP contribution in [0, 0.1) is 21.6 Å². The van der Waals surface area contributed by atoms with Crippen molar-refractivity contribution >= 4 is 83.7 Å². The van der Waals surface area contributed by atoms with Crippen LogP contribution >= 0.6 is 12.6 Å². The van der Waals surface area contributed by atoms with E-state index in [9.17, 15) is 38.4 Å². The SMILES string of the molecule is CC(=O)N[C@H](CS)C(=O)N[C@H](C)C(=O)N[C@H](CCCNC(=N)N)C(=O)N[C@H](CCCNC(=N)N)C(=O)N[C@H](CCCNC(=N)N)C(=O)N[C@@H](C)C(=O)N[C@H](CCCNC(=N)N)C(N)=O. The van der Waals surface area contributed by atoms with Gasteiger partial charge in [-0.3, -0.25) is 60.0 Å². The van der Waals surface area contributed by atoms with E-state index in [1.54, 1.807) is 0 Å². The van der Waals surface area contributed by atoms with E-state index in [1.807, 2.05) is 0 Å². The zero-order chi connectivity index (χ0) is 48.9. The van der Waals surface area contributed by atoms with E-state index < -0.39 is 89.6 Å². The van der Waals surface area contributed by atoms with Crippen molar-refractivity contribution in [1.29, 1.82) is 21.6 Å². The molecule has 64 heavy (non-hydrogen) atoms. The van der Waals surface area contributed by atoms with Crippen molar-refractivity contribution in [3.05, 3.63) is 0 Å². The van der Waals surface area contributed by atoms with Crippen LogP contribution in [0.2, 0.25) is 0 Å². The highest BCUT2D eigenvalue weighted by Crippen LogP contribution is 2.07. The summed E-state index contributed by atoms with van der Waals surface area (Å²) in [5.41, 5.74) is 26.9. The molecular weight excluding hydrogens is 861 g/mol. The van der Waals surface area contributed by atoms with Crippen molar-refractivity contribution in [1.82, 2.24) is 58.5 Å². The van der Waals surface area contributed by atoms with Crippen LogP contribution in [-0.4, -0.2) is 145 Å². The number of nitrogens with one attached hydrogen (secondary N) is 15. The largest absolute Gasteiger partial charge is 0.370 e. The van der Waals surface area contributed by atoms with Crippen LogP contribution in [0.3, 0.4) is 0 Å². The molecule has 0 unspecified atom stereocenters. The van der Waals surface area contributed by atoms with Crippen LogP contribution in [0.25, 0.3) is 0 Å². The van der Waals surface area contributed by atoms with Crippen LogP contribution in [0.1, 0.15) is 72.1 Å². The summed E-state index contributed by atoms with van der Waals surface area (Å²) in [6.07, 6.45) is 0.708. The Morgan fingerprint density at radius 2 is 0.688 bits per heavy atom. The van der Waals surface area contributed by atoms with Gasteiger partial charge in [-0.25, -0.2) is 0 Å². The molecule has 0 aliphatic carbocycles. The lowest BCUT2D eigenvalue weighted by molar-refractivity contribution is -0.135. The predicted octanol–water partition coefficient (Wildman–Crippen LogP) is -7.09. The molecule has 0 aromatic carbocycles. The van der Waals surface area contributed by atoms with Gasteiger partial charge in [0.15, 0.2) is 23.8 Å². The highest BCUT2D eigenvalue weighted by molar-refractivity contribution is 7.80. The molecule has 25 N–H and O–H groups in total. The standard InChI is InChI=1S/C35H68N20O8S/c1-17(26(58)52-20(25(36)57)8-4-12-45-32(37)38)49-28(60)21(9-5-13-46-33(39)40)54-30(62)23(11-7-15-48-35(43)44)55-29(61)22(10-6-14-47-34(41)42)53-27(59)18(2)50-31(63)24(16-64)51-19(3)56/h17-18,20-24,64H,4-16H2,1-3H3,(H2,36,57)(H,49,60)(H,50,63)(H,51,56)(H,52,58)(H,53,59)(H,54,62)(H,55,61)(H4,37,38,45)(H4,39,40,46)(H4,41,42,47)(H4,43,44,48)/t17-,18+,20+,21+,22+,23+,24+/m0/s1. The number of thiol groups is 1. The third kappa shape index (κ3) is 25.8. The molecule has 0 rings (SSSR count). The average Bonchev–Trinajstić information content (AvgIpc) is 3.20. The molecule has 28 nitrogen and oxygen atoms in total. The molecule has 0 saturated carbocycles. The monoisotopic (exact) mass is 929 g/mol. The van der Waals surface area contributed by atoms with Crippen molar-refractivity contribution < 1.29 is 38.4 Å². The summed E-state index contributed by atoms with van der Waals surface area (Å²) in [5.74, 6) is -7.59. The van der Waals surface area contributed by atoms with E-state index in [0.29, 0.717) is 6.42 Å². The summed E-state index contributed by atoms with van der Waals surface area (Å²) in [7, 11) is 0. The fourth-order valence-corrected chi connectivity index (χ4v) is 5.80. The summed E-state index contributed by atoms with van der Waals surface area (Å²) in [6, 6.07) is -8.70.